The molecule has 0 bridgehead atoms. The van der Waals surface area contributed by atoms with Gasteiger partial charge in [-0.15, -0.1) is 0 Å². The first-order chi connectivity index (χ1) is 16.6. The van der Waals surface area contributed by atoms with Crippen molar-refractivity contribution in [2.24, 2.45) is 17.2 Å². The second kappa shape index (κ2) is 14.3. The van der Waals surface area contributed by atoms with E-state index >= 15 is 0 Å². The third kappa shape index (κ3) is 8.72. The van der Waals surface area contributed by atoms with E-state index in [1.165, 1.54) is 7.05 Å². The maximum absolute atomic E-state index is 12.7. The summed E-state index contributed by atoms with van der Waals surface area (Å²) < 4.78 is 0. The Kier molecular flexibility index (Phi) is 11.9. The predicted octanol–water partition coefficient (Wildman–Crippen LogP) is -7.10. The summed E-state index contributed by atoms with van der Waals surface area (Å²) in [6, 6.07) is -4.47. The largest absolute Gasteiger partial charge is 0.403 e. The molecule has 0 radical (unpaired) electrons. The smallest absolute Gasteiger partial charge is 0.270 e. The van der Waals surface area contributed by atoms with Gasteiger partial charge < -0.3 is 59.5 Å². The summed E-state index contributed by atoms with van der Waals surface area (Å²) in [7, 11) is 1.37. The van der Waals surface area contributed by atoms with E-state index < -0.39 is 79.1 Å². The van der Waals surface area contributed by atoms with Crippen LogP contribution in [0.5, 0.6) is 0 Å². The first-order valence-electron chi connectivity index (χ1n) is 10.6. The lowest BCUT2D eigenvalue weighted by Crippen LogP contribution is -2.63. The number of aliphatic hydroxyl groups is 1. The molecule has 5 amide bonds. The second-order valence-electron chi connectivity index (χ2n) is 7.28. The molecule has 0 aromatic rings. The highest BCUT2D eigenvalue weighted by atomic mass is 16.3. The lowest BCUT2D eigenvalue weighted by Gasteiger charge is -2.32. The number of carbonyl (C=O) groups excluding carboxylic acids is 5. The summed E-state index contributed by atoms with van der Waals surface area (Å²) in [5, 5.41) is 34.0. The zero-order valence-corrected chi connectivity index (χ0v) is 19.1. The zero-order chi connectivity index (χ0) is 26.5. The number of hydrogen-bond donors (Lipinski definition) is 12. The normalized spacial score (nSPS) is 18.0. The quantitative estimate of drug-likeness (QED) is 0.112. The molecule has 1 rings (SSSR count). The lowest BCUT2D eigenvalue weighted by molar-refractivity contribution is -0.132. The summed E-state index contributed by atoms with van der Waals surface area (Å²) in [6.07, 6.45) is 1.20. The Morgan fingerprint density at radius 3 is 2.31 bits per heavy atom. The minimum Gasteiger partial charge on any atom is -0.403 e. The van der Waals surface area contributed by atoms with Crippen molar-refractivity contribution in [1.82, 2.24) is 37.2 Å². The minimum absolute atomic E-state index is 0.0161. The summed E-state index contributed by atoms with van der Waals surface area (Å²) in [4.78, 5) is 61.4. The maximum atomic E-state index is 12.7. The number of aliphatic hydroxyl groups excluding tert-OH is 1. The average Bonchev–Trinajstić information content (AvgIpc) is 2.86. The molecule has 17 heteroatoms. The predicted molar refractivity (Wildman–Crippen MR) is 123 cm³/mol. The first kappa shape index (κ1) is 29.1. The molecule has 4 atom stereocenters. The van der Waals surface area contributed by atoms with Gasteiger partial charge in [-0.05, 0) is 6.42 Å². The van der Waals surface area contributed by atoms with Crippen LogP contribution in [-0.4, -0.2) is 98.1 Å². The van der Waals surface area contributed by atoms with Crippen LogP contribution in [0.15, 0.2) is 11.9 Å². The van der Waals surface area contributed by atoms with E-state index in [1.54, 1.807) is 0 Å². The van der Waals surface area contributed by atoms with Gasteiger partial charge in [-0.3, -0.25) is 29.4 Å². The van der Waals surface area contributed by atoms with Gasteiger partial charge in [-0.1, -0.05) is 0 Å². The topological polar surface area (TPSA) is 292 Å². The van der Waals surface area contributed by atoms with Crippen molar-refractivity contribution in [2.75, 3.05) is 33.3 Å². The van der Waals surface area contributed by atoms with Crippen LogP contribution < -0.4 is 54.4 Å². The van der Waals surface area contributed by atoms with Gasteiger partial charge in [0.2, 0.25) is 23.6 Å². The van der Waals surface area contributed by atoms with Crippen molar-refractivity contribution in [2.45, 2.75) is 30.6 Å². The average molecular weight is 500 g/mol. The fraction of sp³-hybridized carbons (Fsp3) is 0.556. The first-order valence-corrected chi connectivity index (χ1v) is 10.6. The molecular formula is C18H33N11O6. The van der Waals surface area contributed by atoms with Crippen LogP contribution in [0.4, 0.5) is 0 Å². The summed E-state index contributed by atoms with van der Waals surface area (Å²) >= 11 is 0. The molecule has 1 saturated heterocycles. The van der Waals surface area contributed by atoms with Crippen LogP contribution in [0.2, 0.25) is 0 Å². The molecule has 1 aliphatic heterocycles. The van der Waals surface area contributed by atoms with E-state index in [1.807, 2.05) is 0 Å². The van der Waals surface area contributed by atoms with Gasteiger partial charge in [0.05, 0.1) is 19.2 Å². The molecule has 15 N–H and O–H groups in total. The molecule has 196 valence electrons. The zero-order valence-electron chi connectivity index (χ0n) is 19.1. The van der Waals surface area contributed by atoms with E-state index in [9.17, 15) is 29.1 Å². The summed E-state index contributed by atoms with van der Waals surface area (Å²) in [5.74, 6) is -4.02. The molecular weight excluding hydrogens is 466 g/mol. The Labute approximate surface area is 200 Å². The molecule has 17 nitrogen and oxygen atoms in total. The molecule has 1 heterocycles. The Bertz CT molecular complexity index is 849. The van der Waals surface area contributed by atoms with Gasteiger partial charge >= 0.3 is 0 Å². The monoisotopic (exact) mass is 499 g/mol. The van der Waals surface area contributed by atoms with Crippen LogP contribution in [-0.2, 0) is 24.0 Å². The van der Waals surface area contributed by atoms with Gasteiger partial charge in [0.1, 0.15) is 23.8 Å². The van der Waals surface area contributed by atoms with E-state index in [0.29, 0.717) is 13.0 Å². The number of likely N-dealkylation sites (N-methyl/N-ethyl adjacent to an activating group) is 1. The maximum Gasteiger partial charge on any atom is 0.270 e. The SMILES string of the molecule is CNC(=O)[C@@H](NC(=O)/C(=C/N)NC(=O)[C@H](CN)NC(=O)[C@H](CO)NC(=O)CN)C1CCNC(=N)N1. The number of nitrogens with two attached hydrogens (primary N) is 3. The fourth-order valence-corrected chi connectivity index (χ4v) is 2.98. The van der Waals surface area contributed by atoms with Crippen molar-refractivity contribution in [3.05, 3.63) is 11.9 Å². The Balaban J connectivity index is 2.87. The fourth-order valence-electron chi connectivity index (χ4n) is 2.98. The van der Waals surface area contributed by atoms with Crippen LogP contribution in [0.1, 0.15) is 6.42 Å². The number of carbonyl (C=O) groups is 5. The number of rotatable bonds is 12. The highest BCUT2D eigenvalue weighted by Gasteiger charge is 2.33. The highest BCUT2D eigenvalue weighted by molar-refractivity contribution is 6.01. The number of guanidine groups is 1. The number of hydrogen-bond acceptors (Lipinski definition) is 10. The molecule has 0 aromatic heterocycles. The second-order valence-corrected chi connectivity index (χ2v) is 7.28. The molecule has 1 aliphatic rings. The van der Waals surface area contributed by atoms with Crippen molar-refractivity contribution in [1.29, 1.82) is 5.41 Å². The van der Waals surface area contributed by atoms with Crippen molar-refractivity contribution < 1.29 is 29.1 Å². The Hall–Kier alpha value is -3.96. The molecule has 0 spiro atoms. The molecule has 35 heavy (non-hydrogen) atoms. The molecule has 1 unspecified atom stereocenters. The van der Waals surface area contributed by atoms with E-state index in [-0.39, 0.29) is 5.96 Å². The summed E-state index contributed by atoms with van der Waals surface area (Å²) in [6.45, 7) is -1.19. The van der Waals surface area contributed by atoms with Crippen LogP contribution in [0, 0.1) is 5.41 Å². The van der Waals surface area contributed by atoms with Gasteiger partial charge in [0.25, 0.3) is 5.91 Å². The van der Waals surface area contributed by atoms with Gasteiger partial charge in [0, 0.05) is 26.3 Å². The number of amides is 5. The molecule has 0 aliphatic carbocycles. The lowest BCUT2D eigenvalue weighted by atomic mass is 10.0. The van der Waals surface area contributed by atoms with Crippen molar-refractivity contribution >= 4 is 35.5 Å². The number of nitrogens with one attached hydrogen (secondary N) is 8. The Morgan fingerprint density at radius 1 is 1.11 bits per heavy atom. The molecule has 0 saturated carbocycles. The van der Waals surface area contributed by atoms with E-state index in [0.717, 1.165) is 6.20 Å². The van der Waals surface area contributed by atoms with Gasteiger partial charge in [0.15, 0.2) is 5.96 Å². The standard InChI is InChI=1S/C18H33N11O6/c1-23-17(35)13(8-2-3-24-18(22)28-8)29-15(33)10(5-20)26-14(32)9(4-19)27-16(34)11(7-30)25-12(31)6-21/h5,8-9,11,13,30H,2-4,6-7,19-21H2,1H3,(H,23,35)(H,25,31)(H,26,32)(H,27,34)(H,29,33)(H3,22,24,28)/b10-5-/t8?,9-,11-,13-/m0/s1. The van der Waals surface area contributed by atoms with E-state index in [4.69, 9.17) is 22.6 Å². The third-order valence-electron chi connectivity index (χ3n) is 4.86. The van der Waals surface area contributed by atoms with Gasteiger partial charge in [-0.25, -0.2) is 0 Å². The third-order valence-corrected chi connectivity index (χ3v) is 4.86. The van der Waals surface area contributed by atoms with Crippen LogP contribution in [0.25, 0.3) is 0 Å². The molecule has 1 fully saturated rings. The van der Waals surface area contributed by atoms with Crippen molar-refractivity contribution in [3.63, 3.8) is 0 Å². The van der Waals surface area contributed by atoms with E-state index in [2.05, 4.69) is 37.2 Å². The summed E-state index contributed by atoms with van der Waals surface area (Å²) in [5.41, 5.74) is 15.8. The molecule has 0 aromatic carbocycles. The highest BCUT2D eigenvalue weighted by Crippen LogP contribution is 2.05. The minimum atomic E-state index is -1.38. The van der Waals surface area contributed by atoms with Gasteiger partial charge in [-0.2, -0.15) is 0 Å². The van der Waals surface area contributed by atoms with Crippen LogP contribution >= 0.6 is 0 Å². The van der Waals surface area contributed by atoms with Crippen molar-refractivity contribution in [3.8, 4) is 0 Å². The van der Waals surface area contributed by atoms with Crippen LogP contribution in [0.3, 0.4) is 0 Å². The Morgan fingerprint density at radius 2 is 1.80 bits per heavy atom.